The number of hydrogen-bond acceptors (Lipinski definition) is 4. The summed E-state index contributed by atoms with van der Waals surface area (Å²) in [5.74, 6) is 0.804. The van der Waals surface area contributed by atoms with Crippen LogP contribution < -0.4 is 0 Å². The van der Waals surface area contributed by atoms with E-state index in [1.54, 1.807) is 0 Å². The van der Waals surface area contributed by atoms with Gasteiger partial charge >= 0.3 is 0 Å². The van der Waals surface area contributed by atoms with Gasteiger partial charge in [0.1, 0.15) is 5.82 Å². The van der Waals surface area contributed by atoms with Gasteiger partial charge in [-0.25, -0.2) is 9.97 Å². The van der Waals surface area contributed by atoms with Gasteiger partial charge in [0, 0.05) is 31.0 Å². The van der Waals surface area contributed by atoms with Crippen molar-refractivity contribution in [3.8, 4) is 0 Å². The Kier molecular flexibility index (Phi) is 2.74. The molecule has 0 saturated carbocycles. The molecular weight excluding hydrogens is 178 g/mol. The topological polar surface area (TPSA) is 38.2 Å². The number of hydrogen-bond donors (Lipinski definition) is 0. The van der Waals surface area contributed by atoms with Crippen molar-refractivity contribution in [1.82, 2.24) is 14.9 Å². The van der Waals surface area contributed by atoms with Crippen molar-refractivity contribution in [2.45, 2.75) is 13.0 Å². The first-order valence-corrected chi connectivity index (χ1v) is 4.84. The van der Waals surface area contributed by atoms with Crippen LogP contribution in [0.3, 0.4) is 0 Å². The normalized spacial score (nSPS) is 23.7. The molecule has 1 saturated heterocycles. The minimum Gasteiger partial charge on any atom is -0.371 e. The Hall–Kier alpha value is -1.00. The summed E-state index contributed by atoms with van der Waals surface area (Å²) in [6, 6.07) is 0. The average Bonchev–Trinajstić information content (AvgIpc) is 2.19. The highest BCUT2D eigenvalue weighted by atomic mass is 16.5. The van der Waals surface area contributed by atoms with Gasteiger partial charge in [-0.2, -0.15) is 0 Å². The molecule has 1 aliphatic rings. The van der Waals surface area contributed by atoms with Gasteiger partial charge in [0.05, 0.1) is 12.7 Å². The third kappa shape index (κ3) is 2.08. The number of nitrogens with zero attached hydrogens (tertiary/aromatic N) is 3. The highest BCUT2D eigenvalue weighted by Gasteiger charge is 2.19. The number of aromatic nitrogens is 2. The zero-order valence-corrected chi connectivity index (χ0v) is 8.60. The van der Waals surface area contributed by atoms with Crippen LogP contribution in [0.2, 0.25) is 0 Å². The predicted octanol–water partition coefficient (Wildman–Crippen LogP) is 0.788. The number of likely N-dealkylation sites (N-methyl/N-ethyl adjacent to an activating group) is 1. The number of aryl methyl sites for hydroxylation is 1. The molecule has 0 N–H and O–H groups in total. The fraction of sp³-hybridized carbons (Fsp3) is 0.600. The summed E-state index contributed by atoms with van der Waals surface area (Å²) in [4.78, 5) is 10.6. The summed E-state index contributed by atoms with van der Waals surface area (Å²) in [7, 11) is 2.10. The van der Waals surface area contributed by atoms with Gasteiger partial charge in [-0.3, -0.25) is 0 Å². The molecule has 2 rings (SSSR count). The van der Waals surface area contributed by atoms with Crippen molar-refractivity contribution in [2.75, 3.05) is 26.7 Å². The molecule has 1 unspecified atom stereocenters. The van der Waals surface area contributed by atoms with E-state index in [9.17, 15) is 0 Å². The molecule has 0 bridgehead atoms. The Morgan fingerprint density at radius 2 is 2.14 bits per heavy atom. The van der Waals surface area contributed by atoms with Gasteiger partial charge in [0.2, 0.25) is 0 Å². The van der Waals surface area contributed by atoms with E-state index >= 15 is 0 Å². The second kappa shape index (κ2) is 4.02. The lowest BCUT2D eigenvalue weighted by atomic mass is 10.1. The van der Waals surface area contributed by atoms with Gasteiger partial charge in [-0.05, 0) is 14.0 Å². The second-order valence-electron chi connectivity index (χ2n) is 3.69. The minimum atomic E-state index is 0.134. The molecule has 4 heteroatoms. The van der Waals surface area contributed by atoms with Crippen LogP contribution in [0.15, 0.2) is 12.4 Å². The quantitative estimate of drug-likeness (QED) is 0.661. The third-order valence-electron chi connectivity index (χ3n) is 2.44. The zero-order valence-electron chi connectivity index (χ0n) is 8.60. The average molecular weight is 193 g/mol. The Morgan fingerprint density at radius 3 is 2.79 bits per heavy atom. The van der Waals surface area contributed by atoms with E-state index in [0.717, 1.165) is 31.1 Å². The number of morpholine rings is 1. The molecule has 14 heavy (non-hydrogen) atoms. The van der Waals surface area contributed by atoms with Gasteiger partial charge in [-0.1, -0.05) is 0 Å². The van der Waals surface area contributed by atoms with E-state index < -0.39 is 0 Å². The molecule has 4 nitrogen and oxygen atoms in total. The molecule has 1 aromatic heterocycles. The first-order valence-electron chi connectivity index (χ1n) is 4.84. The van der Waals surface area contributed by atoms with Crippen molar-refractivity contribution < 1.29 is 4.74 Å². The highest BCUT2D eigenvalue weighted by molar-refractivity contribution is 5.10. The minimum absolute atomic E-state index is 0.134. The van der Waals surface area contributed by atoms with E-state index in [4.69, 9.17) is 4.74 Å². The predicted molar refractivity (Wildman–Crippen MR) is 53.0 cm³/mol. The molecule has 0 spiro atoms. The third-order valence-corrected chi connectivity index (χ3v) is 2.44. The van der Waals surface area contributed by atoms with Crippen LogP contribution in [0.5, 0.6) is 0 Å². The van der Waals surface area contributed by atoms with Crippen LogP contribution in [0, 0.1) is 6.92 Å². The number of rotatable bonds is 1. The Balaban J connectivity index is 2.10. The standard InChI is InChI=1S/C10H15N3O/c1-8-11-5-9(6-12-8)10-7-13(2)3-4-14-10/h5-6,10H,3-4,7H2,1-2H3. The summed E-state index contributed by atoms with van der Waals surface area (Å²) in [5.41, 5.74) is 1.07. The Bertz CT molecular complexity index is 299. The largest absolute Gasteiger partial charge is 0.371 e. The maximum atomic E-state index is 5.65. The van der Waals surface area contributed by atoms with Gasteiger partial charge in [0.25, 0.3) is 0 Å². The van der Waals surface area contributed by atoms with Crippen LogP contribution in [0.4, 0.5) is 0 Å². The molecule has 1 fully saturated rings. The molecule has 1 aromatic rings. The second-order valence-corrected chi connectivity index (χ2v) is 3.69. The maximum absolute atomic E-state index is 5.65. The highest BCUT2D eigenvalue weighted by Crippen LogP contribution is 2.19. The van der Waals surface area contributed by atoms with Gasteiger partial charge in [-0.15, -0.1) is 0 Å². The van der Waals surface area contributed by atoms with Crippen molar-refractivity contribution in [1.29, 1.82) is 0 Å². The molecule has 0 radical (unpaired) electrons. The summed E-state index contributed by atoms with van der Waals surface area (Å²) in [6.45, 7) is 4.60. The van der Waals surface area contributed by atoms with E-state index in [2.05, 4.69) is 21.9 Å². The van der Waals surface area contributed by atoms with Crippen LogP contribution in [0.1, 0.15) is 17.5 Å². The van der Waals surface area contributed by atoms with E-state index in [1.165, 1.54) is 0 Å². The Morgan fingerprint density at radius 1 is 1.43 bits per heavy atom. The van der Waals surface area contributed by atoms with Crippen molar-refractivity contribution in [3.63, 3.8) is 0 Å². The molecule has 2 heterocycles. The van der Waals surface area contributed by atoms with Crippen LogP contribution in [0.25, 0.3) is 0 Å². The fourth-order valence-electron chi connectivity index (χ4n) is 1.55. The number of ether oxygens (including phenoxy) is 1. The SMILES string of the molecule is Cc1ncc(C2CN(C)CCO2)cn1. The summed E-state index contributed by atoms with van der Waals surface area (Å²) >= 11 is 0. The lowest BCUT2D eigenvalue weighted by molar-refractivity contribution is -0.0212. The fourth-order valence-corrected chi connectivity index (χ4v) is 1.55. The van der Waals surface area contributed by atoms with Gasteiger partial charge < -0.3 is 9.64 Å². The summed E-state index contributed by atoms with van der Waals surface area (Å²) in [6.07, 6.45) is 3.84. The van der Waals surface area contributed by atoms with Gasteiger partial charge in [0.15, 0.2) is 0 Å². The van der Waals surface area contributed by atoms with E-state index in [0.29, 0.717) is 0 Å². The van der Waals surface area contributed by atoms with Crippen molar-refractivity contribution in [3.05, 3.63) is 23.8 Å². The maximum Gasteiger partial charge on any atom is 0.125 e. The molecule has 0 amide bonds. The molecule has 1 atom stereocenters. The van der Waals surface area contributed by atoms with Crippen LogP contribution >= 0.6 is 0 Å². The van der Waals surface area contributed by atoms with E-state index in [1.807, 2.05) is 19.3 Å². The molecule has 1 aliphatic heterocycles. The smallest absolute Gasteiger partial charge is 0.125 e. The first-order chi connectivity index (χ1) is 6.75. The lowest BCUT2D eigenvalue weighted by Crippen LogP contribution is -2.35. The Labute approximate surface area is 83.9 Å². The zero-order chi connectivity index (χ0) is 9.97. The monoisotopic (exact) mass is 193 g/mol. The first kappa shape index (κ1) is 9.55. The molecule has 76 valence electrons. The van der Waals surface area contributed by atoms with Crippen molar-refractivity contribution in [2.24, 2.45) is 0 Å². The van der Waals surface area contributed by atoms with Crippen LogP contribution in [-0.2, 0) is 4.74 Å². The summed E-state index contributed by atoms with van der Waals surface area (Å²) < 4.78 is 5.65. The summed E-state index contributed by atoms with van der Waals surface area (Å²) in [5, 5.41) is 0. The molecular formula is C10H15N3O. The molecule has 0 aliphatic carbocycles. The molecule has 0 aromatic carbocycles. The van der Waals surface area contributed by atoms with Crippen molar-refractivity contribution >= 4 is 0 Å². The van der Waals surface area contributed by atoms with E-state index in [-0.39, 0.29) is 6.10 Å². The van der Waals surface area contributed by atoms with Crippen LogP contribution in [-0.4, -0.2) is 41.6 Å². The lowest BCUT2D eigenvalue weighted by Gasteiger charge is -2.29.